The number of carbonyl (C=O) groups is 1. The average molecular weight is 476 g/mol. The fourth-order valence-corrected chi connectivity index (χ4v) is 3.98. The first kappa shape index (κ1) is 21.4. The van der Waals surface area contributed by atoms with Crippen LogP contribution in [-0.4, -0.2) is 45.6 Å². The van der Waals surface area contributed by atoms with E-state index in [9.17, 15) is 4.79 Å². The van der Waals surface area contributed by atoms with Crippen molar-refractivity contribution in [2.24, 2.45) is 0 Å². The second-order valence-electron chi connectivity index (χ2n) is 8.35. The van der Waals surface area contributed by atoms with Crippen LogP contribution in [0.5, 0.6) is 0 Å². The van der Waals surface area contributed by atoms with Crippen LogP contribution < -0.4 is 5.32 Å². The third-order valence-electron chi connectivity index (χ3n) is 5.72. The first-order valence-electron chi connectivity index (χ1n) is 11.3. The SMILES string of the molecule is Cc1cn(-c2ncnc3nc(-c4ccc(NC(=O)Cc5cc(-c6ccccc6)n[nH]5)cc4)[nH]c23)cn1. The minimum absolute atomic E-state index is 0.134. The molecular formula is C26H21N9O. The van der Waals surface area contributed by atoms with E-state index in [-0.39, 0.29) is 12.3 Å². The number of fused-ring (bicyclic) bond motifs is 1. The van der Waals surface area contributed by atoms with Gasteiger partial charge < -0.3 is 10.3 Å². The van der Waals surface area contributed by atoms with Gasteiger partial charge in [-0.3, -0.25) is 14.5 Å². The number of aromatic nitrogens is 8. The molecule has 0 unspecified atom stereocenters. The number of aromatic amines is 2. The molecule has 176 valence electrons. The van der Waals surface area contributed by atoms with E-state index < -0.39 is 0 Å². The average Bonchev–Trinajstić information content (AvgIpc) is 3.64. The highest BCUT2D eigenvalue weighted by atomic mass is 16.1. The Morgan fingerprint density at radius 1 is 1.00 bits per heavy atom. The van der Waals surface area contributed by atoms with Crippen LogP contribution in [0, 0.1) is 6.92 Å². The maximum absolute atomic E-state index is 12.6. The summed E-state index contributed by atoms with van der Waals surface area (Å²) in [5, 5.41) is 10.2. The summed E-state index contributed by atoms with van der Waals surface area (Å²) in [7, 11) is 0. The van der Waals surface area contributed by atoms with Gasteiger partial charge in [0.1, 0.15) is 24.0 Å². The van der Waals surface area contributed by atoms with E-state index in [2.05, 4.69) is 40.4 Å². The van der Waals surface area contributed by atoms with Gasteiger partial charge in [0.2, 0.25) is 5.91 Å². The standard InChI is InChI=1S/C26H21N9O/c1-16-13-35(15-29-16)26-23-25(27-14-28-26)32-24(31-23)18-7-9-19(10-8-18)30-22(36)12-20-11-21(34-33-20)17-5-3-2-4-6-17/h2-11,13-15H,12H2,1H3,(H,30,36)(H,33,34)(H,27,28,31,32). The maximum atomic E-state index is 12.6. The van der Waals surface area contributed by atoms with E-state index in [1.54, 1.807) is 6.33 Å². The van der Waals surface area contributed by atoms with Crippen molar-refractivity contribution in [3.8, 4) is 28.5 Å². The van der Waals surface area contributed by atoms with Crippen molar-refractivity contribution in [3.63, 3.8) is 0 Å². The molecule has 0 radical (unpaired) electrons. The summed E-state index contributed by atoms with van der Waals surface area (Å²) in [5.41, 5.74) is 6.28. The maximum Gasteiger partial charge on any atom is 0.230 e. The van der Waals surface area contributed by atoms with Crippen LogP contribution in [0.4, 0.5) is 5.69 Å². The number of imidazole rings is 2. The number of nitrogens with zero attached hydrogens (tertiary/aromatic N) is 6. The molecule has 4 heterocycles. The van der Waals surface area contributed by atoms with Crippen molar-refractivity contribution in [2.75, 3.05) is 5.32 Å². The third kappa shape index (κ3) is 4.23. The largest absolute Gasteiger partial charge is 0.334 e. The highest BCUT2D eigenvalue weighted by molar-refractivity contribution is 5.92. The van der Waals surface area contributed by atoms with Crippen LogP contribution in [0.2, 0.25) is 0 Å². The molecule has 3 N–H and O–H groups in total. The van der Waals surface area contributed by atoms with E-state index in [1.165, 1.54) is 6.33 Å². The monoisotopic (exact) mass is 475 g/mol. The van der Waals surface area contributed by atoms with Crippen LogP contribution in [0.1, 0.15) is 11.4 Å². The van der Waals surface area contributed by atoms with Gasteiger partial charge in [0.25, 0.3) is 0 Å². The minimum Gasteiger partial charge on any atom is -0.334 e. The molecular weight excluding hydrogens is 454 g/mol. The molecule has 1 amide bonds. The highest BCUT2D eigenvalue weighted by Crippen LogP contribution is 2.24. The Labute approximate surface area is 205 Å². The van der Waals surface area contributed by atoms with E-state index >= 15 is 0 Å². The van der Waals surface area contributed by atoms with Gasteiger partial charge in [-0.05, 0) is 37.3 Å². The number of hydrogen-bond donors (Lipinski definition) is 3. The van der Waals surface area contributed by atoms with Crippen molar-refractivity contribution in [3.05, 3.63) is 90.9 Å². The van der Waals surface area contributed by atoms with Gasteiger partial charge in [-0.1, -0.05) is 30.3 Å². The Bertz CT molecular complexity index is 1660. The van der Waals surface area contributed by atoms with Crippen LogP contribution >= 0.6 is 0 Å². The fourth-order valence-electron chi connectivity index (χ4n) is 3.98. The van der Waals surface area contributed by atoms with E-state index in [1.807, 2.05) is 78.4 Å². The fraction of sp³-hybridized carbons (Fsp3) is 0.0769. The molecule has 0 aliphatic carbocycles. The van der Waals surface area contributed by atoms with Gasteiger partial charge >= 0.3 is 0 Å². The lowest BCUT2D eigenvalue weighted by Gasteiger charge is -2.05. The quantitative estimate of drug-likeness (QED) is 0.333. The summed E-state index contributed by atoms with van der Waals surface area (Å²) in [5.74, 6) is 1.20. The Balaban J connectivity index is 1.16. The number of aryl methyl sites for hydroxylation is 1. The Kier molecular flexibility index (Phi) is 5.30. The zero-order chi connectivity index (χ0) is 24.5. The van der Waals surface area contributed by atoms with Crippen LogP contribution in [0.3, 0.4) is 0 Å². The van der Waals surface area contributed by atoms with Crippen molar-refractivity contribution in [1.82, 2.24) is 39.7 Å². The number of H-pyrrole nitrogens is 2. The summed E-state index contributed by atoms with van der Waals surface area (Å²) in [6.07, 6.45) is 5.28. The topological polar surface area (TPSA) is 130 Å². The highest BCUT2D eigenvalue weighted by Gasteiger charge is 2.13. The summed E-state index contributed by atoms with van der Waals surface area (Å²) < 4.78 is 1.84. The molecule has 0 bridgehead atoms. The van der Waals surface area contributed by atoms with E-state index in [0.29, 0.717) is 23.0 Å². The van der Waals surface area contributed by atoms with E-state index in [4.69, 9.17) is 0 Å². The Hall–Kier alpha value is -5.12. The Morgan fingerprint density at radius 3 is 2.61 bits per heavy atom. The van der Waals surface area contributed by atoms with Crippen LogP contribution in [-0.2, 0) is 11.2 Å². The molecule has 0 fully saturated rings. The number of rotatable bonds is 6. The molecule has 6 rings (SSSR count). The lowest BCUT2D eigenvalue weighted by molar-refractivity contribution is -0.115. The molecule has 0 aliphatic rings. The van der Waals surface area contributed by atoms with E-state index in [0.717, 1.165) is 33.7 Å². The molecule has 0 saturated heterocycles. The van der Waals surface area contributed by atoms with Gasteiger partial charge in [0.15, 0.2) is 11.5 Å². The third-order valence-corrected chi connectivity index (χ3v) is 5.72. The lowest BCUT2D eigenvalue weighted by atomic mass is 10.1. The first-order valence-corrected chi connectivity index (χ1v) is 11.3. The summed E-state index contributed by atoms with van der Waals surface area (Å²) in [6, 6.07) is 19.2. The molecule has 10 nitrogen and oxygen atoms in total. The lowest BCUT2D eigenvalue weighted by Crippen LogP contribution is -2.14. The zero-order valence-corrected chi connectivity index (χ0v) is 19.3. The van der Waals surface area contributed by atoms with Crippen molar-refractivity contribution in [1.29, 1.82) is 0 Å². The molecule has 0 aliphatic heterocycles. The van der Waals surface area contributed by atoms with Gasteiger partial charge in [-0.15, -0.1) is 0 Å². The number of hydrogen-bond acceptors (Lipinski definition) is 6. The minimum atomic E-state index is -0.134. The molecule has 10 heteroatoms. The molecule has 36 heavy (non-hydrogen) atoms. The van der Waals surface area contributed by atoms with Crippen molar-refractivity contribution in [2.45, 2.75) is 13.3 Å². The number of nitrogens with one attached hydrogen (secondary N) is 3. The van der Waals surface area contributed by atoms with Gasteiger partial charge in [0, 0.05) is 28.7 Å². The number of carbonyl (C=O) groups excluding carboxylic acids is 1. The first-order chi connectivity index (χ1) is 17.6. The normalized spacial score (nSPS) is 11.1. The second-order valence-corrected chi connectivity index (χ2v) is 8.35. The summed E-state index contributed by atoms with van der Waals surface area (Å²) in [4.78, 5) is 33.4. The molecule has 0 spiro atoms. The van der Waals surface area contributed by atoms with Gasteiger partial charge in [-0.25, -0.2) is 19.9 Å². The number of anilines is 1. The predicted molar refractivity (Wildman–Crippen MR) is 135 cm³/mol. The molecule has 4 aromatic heterocycles. The van der Waals surface area contributed by atoms with Crippen LogP contribution in [0.25, 0.3) is 39.6 Å². The van der Waals surface area contributed by atoms with Crippen molar-refractivity contribution < 1.29 is 4.79 Å². The van der Waals surface area contributed by atoms with Gasteiger partial charge in [0.05, 0.1) is 17.8 Å². The zero-order valence-electron chi connectivity index (χ0n) is 19.3. The Morgan fingerprint density at radius 2 is 1.83 bits per heavy atom. The van der Waals surface area contributed by atoms with Crippen LogP contribution in [0.15, 0.2) is 79.5 Å². The second kappa shape index (κ2) is 8.91. The number of amides is 1. The molecule has 0 atom stereocenters. The summed E-state index contributed by atoms with van der Waals surface area (Å²) >= 11 is 0. The smallest absolute Gasteiger partial charge is 0.230 e. The molecule has 2 aromatic carbocycles. The number of benzene rings is 2. The molecule has 6 aromatic rings. The summed E-state index contributed by atoms with van der Waals surface area (Å²) in [6.45, 7) is 1.92. The predicted octanol–water partition coefficient (Wildman–Crippen LogP) is 4.09. The molecule has 0 saturated carbocycles. The van der Waals surface area contributed by atoms with Crippen molar-refractivity contribution >= 4 is 22.8 Å². The van der Waals surface area contributed by atoms with Gasteiger partial charge in [-0.2, -0.15) is 5.10 Å².